The molecule has 0 bridgehead atoms. The van der Waals surface area contributed by atoms with Gasteiger partial charge >= 0.3 is 5.97 Å². The zero-order valence-electron chi connectivity index (χ0n) is 19.3. The van der Waals surface area contributed by atoms with Crippen LogP contribution in [0.5, 0.6) is 5.75 Å². The molecule has 0 fully saturated rings. The molecular formula is C26H17N3O8. The highest BCUT2D eigenvalue weighted by Gasteiger charge is 2.39. The number of nitro groups is 1. The lowest BCUT2D eigenvalue weighted by Gasteiger charge is -2.18. The Morgan fingerprint density at radius 2 is 1.62 bits per heavy atom. The van der Waals surface area contributed by atoms with Crippen LogP contribution in [0.2, 0.25) is 0 Å². The van der Waals surface area contributed by atoms with Crippen LogP contribution >= 0.6 is 0 Å². The van der Waals surface area contributed by atoms with Crippen molar-refractivity contribution >= 4 is 23.2 Å². The first-order valence-corrected chi connectivity index (χ1v) is 11.1. The molecule has 0 aliphatic heterocycles. The van der Waals surface area contributed by atoms with Gasteiger partial charge in [0.15, 0.2) is 12.4 Å². The number of nitrogens with zero attached hydrogens (tertiary/aromatic N) is 3. The number of esters is 1. The lowest BCUT2D eigenvalue weighted by molar-refractivity contribution is -0.385. The maximum absolute atomic E-state index is 13.1. The van der Waals surface area contributed by atoms with Crippen LogP contribution in [0.3, 0.4) is 0 Å². The third-order valence-corrected chi connectivity index (χ3v) is 5.69. The standard InChI is InChI=1S/C26H17N3O8/c1-2-35-19-10-6-5-9-16(19)25-27-20(37-28-25)13-36-26(32)18-12-11-17-21(22(18)29(33)34)24(31)15-8-4-3-7-14(15)23(17)30/h3-12H,2,13H2,1H3. The van der Waals surface area contributed by atoms with Crippen LogP contribution in [0.25, 0.3) is 11.4 Å². The fourth-order valence-electron chi connectivity index (χ4n) is 4.08. The largest absolute Gasteiger partial charge is 0.493 e. The van der Waals surface area contributed by atoms with Crippen LogP contribution in [0.1, 0.15) is 55.0 Å². The highest BCUT2D eigenvalue weighted by atomic mass is 16.6. The first-order chi connectivity index (χ1) is 17.9. The Bertz CT molecular complexity index is 1590. The molecule has 0 saturated carbocycles. The summed E-state index contributed by atoms with van der Waals surface area (Å²) in [6.07, 6.45) is 0. The van der Waals surface area contributed by atoms with Gasteiger partial charge in [-0.05, 0) is 31.2 Å². The molecule has 1 aliphatic rings. The van der Waals surface area contributed by atoms with Crippen molar-refractivity contribution in [2.75, 3.05) is 6.61 Å². The molecule has 5 rings (SSSR count). The molecule has 0 unspecified atom stereocenters. The molecular weight excluding hydrogens is 482 g/mol. The average Bonchev–Trinajstić information content (AvgIpc) is 3.39. The van der Waals surface area contributed by atoms with Crippen molar-refractivity contribution < 1.29 is 33.3 Å². The van der Waals surface area contributed by atoms with Gasteiger partial charge in [0, 0.05) is 16.7 Å². The van der Waals surface area contributed by atoms with Crippen molar-refractivity contribution in [3.63, 3.8) is 0 Å². The first kappa shape index (κ1) is 23.5. The van der Waals surface area contributed by atoms with Crippen LogP contribution < -0.4 is 4.74 Å². The average molecular weight is 499 g/mol. The Hall–Kier alpha value is -5.19. The summed E-state index contributed by atoms with van der Waals surface area (Å²) < 4.78 is 15.9. The number of aromatic nitrogens is 2. The van der Waals surface area contributed by atoms with E-state index in [1.165, 1.54) is 18.2 Å². The Kier molecular flexibility index (Phi) is 6.02. The summed E-state index contributed by atoms with van der Waals surface area (Å²) in [6, 6.07) is 15.4. The van der Waals surface area contributed by atoms with Crippen LogP contribution in [0, 0.1) is 10.1 Å². The third kappa shape index (κ3) is 4.12. The van der Waals surface area contributed by atoms with Gasteiger partial charge in [0.2, 0.25) is 11.6 Å². The monoisotopic (exact) mass is 499 g/mol. The van der Waals surface area contributed by atoms with Crippen LogP contribution in [0.15, 0.2) is 65.2 Å². The van der Waals surface area contributed by atoms with Gasteiger partial charge in [-0.15, -0.1) is 0 Å². The van der Waals surface area contributed by atoms with E-state index in [0.29, 0.717) is 17.9 Å². The number of ketones is 2. The van der Waals surface area contributed by atoms with Gasteiger partial charge in [-0.2, -0.15) is 4.98 Å². The second kappa shape index (κ2) is 9.46. The topological polar surface area (TPSA) is 152 Å². The van der Waals surface area contributed by atoms with E-state index < -0.39 is 45.9 Å². The molecule has 0 amide bonds. The number of fused-ring (bicyclic) bond motifs is 2. The van der Waals surface area contributed by atoms with Crippen molar-refractivity contribution in [3.8, 4) is 17.1 Å². The van der Waals surface area contributed by atoms with E-state index in [4.69, 9.17) is 14.0 Å². The van der Waals surface area contributed by atoms with Gasteiger partial charge in [-0.1, -0.05) is 41.6 Å². The zero-order valence-corrected chi connectivity index (χ0v) is 19.3. The van der Waals surface area contributed by atoms with E-state index >= 15 is 0 Å². The number of para-hydroxylation sites is 1. The maximum Gasteiger partial charge on any atom is 0.345 e. The lowest BCUT2D eigenvalue weighted by Crippen LogP contribution is -2.23. The molecule has 1 aromatic heterocycles. The Morgan fingerprint density at radius 3 is 2.32 bits per heavy atom. The summed E-state index contributed by atoms with van der Waals surface area (Å²) in [5.74, 6) is -1.67. The number of ether oxygens (including phenoxy) is 2. The quantitative estimate of drug-likeness (QED) is 0.181. The molecule has 4 aromatic rings. The minimum atomic E-state index is -1.09. The second-order valence-corrected chi connectivity index (χ2v) is 7.86. The molecule has 1 heterocycles. The third-order valence-electron chi connectivity index (χ3n) is 5.69. The van der Waals surface area contributed by atoms with Crippen LogP contribution in [-0.2, 0) is 11.3 Å². The van der Waals surface area contributed by atoms with E-state index in [0.717, 1.165) is 6.07 Å². The highest BCUT2D eigenvalue weighted by molar-refractivity contribution is 6.30. The molecule has 11 nitrogen and oxygen atoms in total. The summed E-state index contributed by atoms with van der Waals surface area (Å²) in [7, 11) is 0. The van der Waals surface area contributed by atoms with Gasteiger partial charge in [0.1, 0.15) is 16.9 Å². The summed E-state index contributed by atoms with van der Waals surface area (Å²) in [5, 5.41) is 15.8. The highest BCUT2D eigenvalue weighted by Crippen LogP contribution is 2.36. The summed E-state index contributed by atoms with van der Waals surface area (Å²) in [5.41, 5.74) is -1.14. The molecule has 37 heavy (non-hydrogen) atoms. The smallest absolute Gasteiger partial charge is 0.345 e. The van der Waals surface area contributed by atoms with Crippen molar-refractivity contribution in [1.29, 1.82) is 0 Å². The Labute approximate surface area is 208 Å². The number of rotatable bonds is 7. The number of benzene rings is 3. The predicted molar refractivity (Wildman–Crippen MR) is 126 cm³/mol. The van der Waals surface area contributed by atoms with Gasteiger partial charge in [0.05, 0.1) is 17.1 Å². The molecule has 0 spiro atoms. The van der Waals surface area contributed by atoms with Crippen LogP contribution in [-0.4, -0.2) is 39.2 Å². The predicted octanol–water partition coefficient (Wildman–Crippen LogP) is 4.18. The molecule has 3 aromatic carbocycles. The first-order valence-electron chi connectivity index (χ1n) is 11.1. The Balaban J connectivity index is 1.42. The number of carbonyl (C=O) groups excluding carboxylic acids is 3. The van der Waals surface area contributed by atoms with Gasteiger partial charge in [0.25, 0.3) is 11.6 Å². The summed E-state index contributed by atoms with van der Waals surface area (Å²) in [4.78, 5) is 54.1. The molecule has 0 N–H and O–H groups in total. The minimum Gasteiger partial charge on any atom is -0.493 e. The Morgan fingerprint density at radius 1 is 0.946 bits per heavy atom. The summed E-state index contributed by atoms with van der Waals surface area (Å²) >= 11 is 0. The second-order valence-electron chi connectivity index (χ2n) is 7.86. The van der Waals surface area contributed by atoms with Crippen molar-refractivity contribution in [2.45, 2.75) is 13.5 Å². The molecule has 0 atom stereocenters. The van der Waals surface area contributed by atoms with E-state index in [2.05, 4.69) is 10.1 Å². The fourth-order valence-corrected chi connectivity index (χ4v) is 4.08. The van der Waals surface area contributed by atoms with E-state index in [-0.39, 0.29) is 28.4 Å². The number of carbonyl (C=O) groups is 3. The SMILES string of the molecule is CCOc1ccccc1-c1noc(COC(=O)c2ccc3c(c2[N+](=O)[O-])C(=O)c2ccccc2C3=O)n1. The van der Waals surface area contributed by atoms with Gasteiger partial charge in [-0.3, -0.25) is 19.7 Å². The molecule has 11 heteroatoms. The van der Waals surface area contributed by atoms with E-state index in [1.807, 2.05) is 6.92 Å². The van der Waals surface area contributed by atoms with Crippen molar-refractivity contribution in [3.05, 3.63) is 104 Å². The zero-order chi connectivity index (χ0) is 26.1. The number of hydrogen-bond donors (Lipinski definition) is 0. The number of nitro benzene ring substituents is 1. The van der Waals surface area contributed by atoms with E-state index in [1.54, 1.807) is 36.4 Å². The molecule has 1 aliphatic carbocycles. The van der Waals surface area contributed by atoms with Crippen LogP contribution in [0.4, 0.5) is 5.69 Å². The fraction of sp³-hybridized carbons (Fsp3) is 0.115. The maximum atomic E-state index is 13.1. The minimum absolute atomic E-state index is 0.0272. The molecule has 0 saturated heterocycles. The van der Waals surface area contributed by atoms with Gasteiger partial charge in [-0.25, -0.2) is 4.79 Å². The molecule has 0 radical (unpaired) electrons. The van der Waals surface area contributed by atoms with Crippen molar-refractivity contribution in [2.24, 2.45) is 0 Å². The van der Waals surface area contributed by atoms with Gasteiger partial charge < -0.3 is 14.0 Å². The summed E-state index contributed by atoms with van der Waals surface area (Å²) in [6.45, 7) is 1.78. The normalized spacial score (nSPS) is 12.0. The molecule has 184 valence electrons. The number of hydrogen-bond acceptors (Lipinski definition) is 10. The lowest BCUT2D eigenvalue weighted by atomic mass is 9.82. The van der Waals surface area contributed by atoms with E-state index in [9.17, 15) is 24.5 Å². The van der Waals surface area contributed by atoms with Crippen molar-refractivity contribution in [1.82, 2.24) is 10.1 Å².